The number of benzene rings is 1. The summed E-state index contributed by atoms with van der Waals surface area (Å²) in [6, 6.07) is 6.94. The zero-order chi connectivity index (χ0) is 15.4. The Morgan fingerprint density at radius 2 is 1.76 bits per heavy atom. The largest absolute Gasteiger partial charge is 0.491 e. The molecule has 1 aliphatic carbocycles. The van der Waals surface area contributed by atoms with Crippen molar-refractivity contribution in [2.45, 2.75) is 51.9 Å². The lowest BCUT2D eigenvalue weighted by atomic mass is 10.2. The molecule has 5 heteroatoms. The molecule has 1 N–H and O–H groups in total. The molecule has 0 aromatic heterocycles. The van der Waals surface area contributed by atoms with Crippen LogP contribution in [0, 0.1) is 0 Å². The smallest absolute Gasteiger partial charge is 0.338 e. The van der Waals surface area contributed by atoms with E-state index in [1.807, 2.05) is 13.8 Å². The second-order valence-corrected chi connectivity index (χ2v) is 5.52. The van der Waals surface area contributed by atoms with E-state index in [0.29, 0.717) is 11.3 Å². The fourth-order valence-electron chi connectivity index (χ4n) is 1.77. The Balaban J connectivity index is 1.88. The van der Waals surface area contributed by atoms with Crippen molar-refractivity contribution in [2.24, 2.45) is 0 Å². The topological polar surface area (TPSA) is 64.6 Å². The van der Waals surface area contributed by atoms with Crippen molar-refractivity contribution in [2.75, 3.05) is 0 Å². The quantitative estimate of drug-likeness (QED) is 0.817. The highest BCUT2D eigenvalue weighted by Gasteiger charge is 2.27. The van der Waals surface area contributed by atoms with Crippen molar-refractivity contribution in [3.8, 4) is 5.75 Å². The number of hydrogen-bond donors (Lipinski definition) is 1. The van der Waals surface area contributed by atoms with Gasteiger partial charge in [0, 0.05) is 6.04 Å². The normalized spacial score (nSPS) is 15.4. The summed E-state index contributed by atoms with van der Waals surface area (Å²) in [5.41, 5.74) is 0.400. The summed E-state index contributed by atoms with van der Waals surface area (Å²) in [6.07, 6.45) is 1.30. The molecule has 2 rings (SSSR count). The molecule has 1 fully saturated rings. The Bertz CT molecular complexity index is 506. The predicted octanol–water partition coefficient (Wildman–Crippen LogP) is 2.30. The Labute approximate surface area is 124 Å². The van der Waals surface area contributed by atoms with Crippen LogP contribution in [0.4, 0.5) is 0 Å². The molecule has 1 atom stereocenters. The molecular weight excluding hydrogens is 270 g/mol. The number of amides is 1. The molecule has 0 bridgehead atoms. The van der Waals surface area contributed by atoms with E-state index in [0.717, 1.165) is 12.8 Å². The first kappa shape index (κ1) is 15.4. The van der Waals surface area contributed by atoms with Gasteiger partial charge in [-0.15, -0.1) is 0 Å². The van der Waals surface area contributed by atoms with Gasteiger partial charge >= 0.3 is 5.97 Å². The molecule has 114 valence electrons. The first-order valence-corrected chi connectivity index (χ1v) is 7.24. The highest BCUT2D eigenvalue weighted by Crippen LogP contribution is 2.19. The Morgan fingerprint density at radius 3 is 2.29 bits per heavy atom. The van der Waals surface area contributed by atoms with Crippen LogP contribution in [-0.2, 0) is 9.53 Å². The number of nitrogens with one attached hydrogen (secondary N) is 1. The fraction of sp³-hybridized carbons (Fsp3) is 0.500. The monoisotopic (exact) mass is 291 g/mol. The molecule has 1 aromatic rings. The summed E-state index contributed by atoms with van der Waals surface area (Å²) in [5.74, 6) is -0.0590. The van der Waals surface area contributed by atoms with E-state index in [2.05, 4.69) is 5.32 Å². The lowest BCUT2D eigenvalue weighted by molar-refractivity contribution is -0.129. The van der Waals surface area contributed by atoms with E-state index in [4.69, 9.17) is 9.47 Å². The number of ether oxygens (including phenoxy) is 2. The molecule has 1 amide bonds. The van der Waals surface area contributed by atoms with Gasteiger partial charge in [-0.3, -0.25) is 4.79 Å². The van der Waals surface area contributed by atoms with Gasteiger partial charge in [-0.25, -0.2) is 4.79 Å². The van der Waals surface area contributed by atoms with E-state index in [1.165, 1.54) is 0 Å². The molecule has 1 aliphatic rings. The third kappa shape index (κ3) is 4.77. The molecule has 1 aromatic carbocycles. The van der Waals surface area contributed by atoms with Crippen LogP contribution < -0.4 is 10.1 Å². The average molecular weight is 291 g/mol. The van der Waals surface area contributed by atoms with E-state index in [-0.39, 0.29) is 18.1 Å². The van der Waals surface area contributed by atoms with Gasteiger partial charge in [0.15, 0.2) is 6.10 Å². The summed E-state index contributed by atoms with van der Waals surface area (Å²) in [6.45, 7) is 5.44. The van der Waals surface area contributed by atoms with Gasteiger partial charge in [0.05, 0.1) is 11.7 Å². The van der Waals surface area contributed by atoms with E-state index in [9.17, 15) is 9.59 Å². The highest BCUT2D eigenvalue weighted by molar-refractivity contribution is 5.92. The number of carbonyl (C=O) groups is 2. The number of hydrogen-bond acceptors (Lipinski definition) is 4. The third-order valence-electron chi connectivity index (χ3n) is 3.04. The van der Waals surface area contributed by atoms with Crippen LogP contribution in [0.15, 0.2) is 24.3 Å². The summed E-state index contributed by atoms with van der Waals surface area (Å²) in [5, 5.41) is 2.80. The van der Waals surface area contributed by atoms with Crippen LogP contribution in [0.5, 0.6) is 5.75 Å². The maximum atomic E-state index is 12.0. The zero-order valence-corrected chi connectivity index (χ0v) is 12.6. The summed E-state index contributed by atoms with van der Waals surface area (Å²) >= 11 is 0. The molecule has 1 saturated carbocycles. The standard InChI is InChI=1S/C16H21NO4/c1-10(2)20-14-8-4-12(5-9-14)16(19)21-11(3)15(18)17-13-6-7-13/h4-5,8-11,13H,6-7H2,1-3H3,(H,17,18)/t11-/m0/s1. The van der Waals surface area contributed by atoms with Crippen LogP contribution in [0.2, 0.25) is 0 Å². The predicted molar refractivity (Wildman–Crippen MR) is 78.2 cm³/mol. The van der Waals surface area contributed by atoms with Gasteiger partial charge in [-0.2, -0.15) is 0 Å². The third-order valence-corrected chi connectivity index (χ3v) is 3.04. The highest BCUT2D eigenvalue weighted by atomic mass is 16.5. The SMILES string of the molecule is CC(C)Oc1ccc(C(=O)O[C@@H](C)C(=O)NC2CC2)cc1. The van der Waals surface area contributed by atoms with Crippen LogP contribution in [-0.4, -0.2) is 30.1 Å². The van der Waals surface area contributed by atoms with E-state index >= 15 is 0 Å². The van der Waals surface area contributed by atoms with Gasteiger partial charge < -0.3 is 14.8 Å². The minimum Gasteiger partial charge on any atom is -0.491 e. The maximum absolute atomic E-state index is 12.0. The van der Waals surface area contributed by atoms with Crippen molar-refractivity contribution in [1.29, 1.82) is 0 Å². The second-order valence-electron chi connectivity index (χ2n) is 5.52. The first-order chi connectivity index (χ1) is 9.95. The van der Waals surface area contributed by atoms with Crippen LogP contribution in [0.1, 0.15) is 44.0 Å². The van der Waals surface area contributed by atoms with Crippen molar-refractivity contribution >= 4 is 11.9 Å². The Morgan fingerprint density at radius 1 is 1.14 bits per heavy atom. The van der Waals surface area contributed by atoms with Crippen LogP contribution >= 0.6 is 0 Å². The second kappa shape index (κ2) is 6.61. The molecule has 0 radical (unpaired) electrons. The van der Waals surface area contributed by atoms with Gasteiger partial charge in [-0.1, -0.05) is 0 Å². The molecule has 5 nitrogen and oxygen atoms in total. The maximum Gasteiger partial charge on any atom is 0.338 e. The number of rotatable bonds is 6. The molecule has 0 saturated heterocycles. The van der Waals surface area contributed by atoms with Crippen molar-refractivity contribution in [1.82, 2.24) is 5.32 Å². The lowest BCUT2D eigenvalue weighted by Crippen LogP contribution is -2.37. The molecular formula is C16H21NO4. The number of carbonyl (C=O) groups excluding carboxylic acids is 2. The lowest BCUT2D eigenvalue weighted by Gasteiger charge is -2.13. The number of esters is 1. The van der Waals surface area contributed by atoms with Crippen molar-refractivity contribution in [3.05, 3.63) is 29.8 Å². The van der Waals surface area contributed by atoms with Gasteiger partial charge in [0.2, 0.25) is 0 Å². The zero-order valence-electron chi connectivity index (χ0n) is 12.6. The summed E-state index contributed by atoms with van der Waals surface area (Å²) < 4.78 is 10.7. The van der Waals surface area contributed by atoms with Gasteiger partial charge in [-0.05, 0) is 57.9 Å². The van der Waals surface area contributed by atoms with Gasteiger partial charge in [0.25, 0.3) is 5.91 Å². The van der Waals surface area contributed by atoms with Crippen LogP contribution in [0.3, 0.4) is 0 Å². The summed E-state index contributed by atoms with van der Waals surface area (Å²) in [4.78, 5) is 23.7. The molecule has 0 unspecified atom stereocenters. The van der Waals surface area contributed by atoms with Crippen molar-refractivity contribution in [3.63, 3.8) is 0 Å². The Kier molecular flexibility index (Phi) is 4.83. The molecule has 0 heterocycles. The molecule has 0 spiro atoms. The fourth-order valence-corrected chi connectivity index (χ4v) is 1.77. The van der Waals surface area contributed by atoms with Crippen molar-refractivity contribution < 1.29 is 19.1 Å². The molecule has 21 heavy (non-hydrogen) atoms. The minimum atomic E-state index is -0.787. The van der Waals surface area contributed by atoms with E-state index in [1.54, 1.807) is 31.2 Å². The summed E-state index contributed by atoms with van der Waals surface area (Å²) in [7, 11) is 0. The molecule has 0 aliphatic heterocycles. The van der Waals surface area contributed by atoms with Gasteiger partial charge in [0.1, 0.15) is 5.75 Å². The van der Waals surface area contributed by atoms with E-state index < -0.39 is 12.1 Å². The Hall–Kier alpha value is -2.04. The first-order valence-electron chi connectivity index (χ1n) is 7.24. The average Bonchev–Trinajstić information content (AvgIpc) is 3.22. The minimum absolute atomic E-state index is 0.0777. The van der Waals surface area contributed by atoms with Crippen LogP contribution in [0.25, 0.3) is 0 Å².